The van der Waals surface area contributed by atoms with Gasteiger partial charge in [-0.3, -0.25) is 9.59 Å². The maximum atomic E-state index is 12.0. The first-order valence-corrected chi connectivity index (χ1v) is 10.3. The standard InChI is InChI=1S/C23H28O3/c1-3-14-13-22(2)19(8-10-23(22)11-9-20(25)26-23)18-6-4-15-12-16(24)5-7-17(15)21(14)18/h3,12,14,18-19H,1,4-11,13H2,2H3/t14-,18?,19?,22-,23+/m0/s1. The average molecular weight is 352 g/mol. The van der Waals surface area contributed by atoms with E-state index < -0.39 is 0 Å². The third kappa shape index (κ3) is 2.00. The quantitative estimate of drug-likeness (QED) is 0.508. The van der Waals surface area contributed by atoms with Gasteiger partial charge in [-0.1, -0.05) is 18.6 Å². The first kappa shape index (κ1) is 16.5. The lowest BCUT2D eigenvalue weighted by atomic mass is 9.52. The molecule has 2 saturated carbocycles. The molecule has 3 fully saturated rings. The summed E-state index contributed by atoms with van der Waals surface area (Å²) in [5.74, 6) is 1.78. The van der Waals surface area contributed by atoms with Crippen molar-refractivity contribution < 1.29 is 14.3 Å². The van der Waals surface area contributed by atoms with E-state index in [0.29, 0.717) is 30.6 Å². The van der Waals surface area contributed by atoms with Crippen molar-refractivity contribution in [3.05, 3.63) is 35.5 Å². The van der Waals surface area contributed by atoms with Gasteiger partial charge in [-0.05, 0) is 79.9 Å². The molecule has 1 aliphatic heterocycles. The number of allylic oxidation sites excluding steroid dienone is 5. The van der Waals surface area contributed by atoms with Gasteiger partial charge >= 0.3 is 5.97 Å². The molecule has 0 aromatic rings. The molecule has 0 radical (unpaired) electrons. The summed E-state index contributed by atoms with van der Waals surface area (Å²) in [5.41, 5.74) is 4.15. The number of ketones is 1. The fourth-order valence-electron chi connectivity index (χ4n) is 7.21. The molecule has 3 nitrogen and oxygen atoms in total. The van der Waals surface area contributed by atoms with Crippen molar-refractivity contribution in [3.8, 4) is 0 Å². The summed E-state index contributed by atoms with van der Waals surface area (Å²) >= 11 is 0. The van der Waals surface area contributed by atoms with E-state index in [1.54, 1.807) is 5.57 Å². The largest absolute Gasteiger partial charge is 0.458 e. The molecule has 0 bridgehead atoms. The zero-order valence-electron chi connectivity index (χ0n) is 15.7. The lowest BCUT2D eigenvalue weighted by Crippen LogP contribution is -2.51. The van der Waals surface area contributed by atoms with Crippen LogP contribution in [0, 0.1) is 23.2 Å². The fraction of sp³-hybridized carbons (Fsp3) is 0.652. The van der Waals surface area contributed by atoms with E-state index in [1.165, 1.54) is 11.1 Å². The van der Waals surface area contributed by atoms with Gasteiger partial charge in [0.05, 0.1) is 0 Å². The van der Waals surface area contributed by atoms with Crippen molar-refractivity contribution in [3.63, 3.8) is 0 Å². The third-order valence-corrected chi connectivity index (χ3v) is 8.39. The summed E-state index contributed by atoms with van der Waals surface area (Å²) in [4.78, 5) is 23.9. The predicted molar refractivity (Wildman–Crippen MR) is 99.3 cm³/mol. The number of fused-ring (bicyclic) bond motifs is 5. The molecular formula is C23H28O3. The Hall–Kier alpha value is -1.64. The van der Waals surface area contributed by atoms with E-state index in [0.717, 1.165) is 44.9 Å². The third-order valence-electron chi connectivity index (χ3n) is 8.39. The van der Waals surface area contributed by atoms with Gasteiger partial charge in [-0.15, -0.1) is 6.58 Å². The first-order chi connectivity index (χ1) is 12.5. The minimum Gasteiger partial charge on any atom is -0.458 e. The highest BCUT2D eigenvalue weighted by molar-refractivity contribution is 5.93. The Kier molecular flexibility index (Phi) is 3.45. The molecular weight excluding hydrogens is 324 g/mol. The van der Waals surface area contributed by atoms with E-state index in [4.69, 9.17) is 4.74 Å². The van der Waals surface area contributed by atoms with Crippen LogP contribution in [0.4, 0.5) is 0 Å². The van der Waals surface area contributed by atoms with Crippen molar-refractivity contribution in [1.82, 2.24) is 0 Å². The molecule has 26 heavy (non-hydrogen) atoms. The number of hydrogen-bond donors (Lipinski definition) is 0. The van der Waals surface area contributed by atoms with Crippen molar-refractivity contribution in [1.29, 1.82) is 0 Å². The molecule has 138 valence electrons. The Labute approximate surface area is 155 Å². The Bertz CT molecular complexity index is 772. The molecule has 0 amide bonds. The van der Waals surface area contributed by atoms with Crippen LogP contribution >= 0.6 is 0 Å². The minimum atomic E-state index is -0.245. The van der Waals surface area contributed by atoms with E-state index in [1.807, 2.05) is 6.08 Å². The number of ether oxygens (including phenoxy) is 1. The van der Waals surface area contributed by atoms with Crippen LogP contribution in [0.25, 0.3) is 0 Å². The molecule has 4 aliphatic carbocycles. The summed E-state index contributed by atoms with van der Waals surface area (Å²) in [6, 6.07) is 0. The molecule has 0 aromatic carbocycles. The molecule has 1 heterocycles. The monoisotopic (exact) mass is 352 g/mol. The predicted octanol–water partition coefficient (Wildman–Crippen LogP) is 4.68. The average Bonchev–Trinajstić information content (AvgIpc) is 3.14. The number of carbonyl (C=O) groups is 2. The van der Waals surface area contributed by atoms with Gasteiger partial charge in [0, 0.05) is 18.3 Å². The van der Waals surface area contributed by atoms with E-state index >= 15 is 0 Å². The summed E-state index contributed by atoms with van der Waals surface area (Å²) in [5, 5.41) is 0. The Morgan fingerprint density at radius 2 is 2.00 bits per heavy atom. The highest BCUT2D eigenvalue weighted by atomic mass is 16.6. The van der Waals surface area contributed by atoms with Gasteiger partial charge in [-0.2, -0.15) is 0 Å². The Morgan fingerprint density at radius 3 is 2.73 bits per heavy atom. The summed E-state index contributed by atoms with van der Waals surface area (Å²) < 4.78 is 6.03. The molecule has 5 aliphatic rings. The van der Waals surface area contributed by atoms with Crippen LogP contribution in [0.15, 0.2) is 35.5 Å². The van der Waals surface area contributed by atoms with Crippen molar-refractivity contribution >= 4 is 11.8 Å². The molecule has 5 rings (SSSR count). The maximum absolute atomic E-state index is 12.0. The number of carbonyl (C=O) groups excluding carboxylic acids is 2. The molecule has 1 spiro atoms. The highest BCUT2D eigenvalue weighted by Crippen LogP contribution is 2.68. The molecule has 5 atom stereocenters. The van der Waals surface area contributed by atoms with Crippen molar-refractivity contribution in [2.45, 2.75) is 70.3 Å². The molecule has 1 saturated heterocycles. The normalized spacial score (nSPS) is 44.3. The van der Waals surface area contributed by atoms with Crippen LogP contribution in [-0.2, 0) is 14.3 Å². The highest BCUT2D eigenvalue weighted by Gasteiger charge is 2.66. The van der Waals surface area contributed by atoms with Gasteiger partial charge < -0.3 is 4.74 Å². The van der Waals surface area contributed by atoms with Crippen LogP contribution in [-0.4, -0.2) is 17.4 Å². The molecule has 0 N–H and O–H groups in total. The summed E-state index contributed by atoms with van der Waals surface area (Å²) in [6.07, 6.45) is 12.4. The van der Waals surface area contributed by atoms with Crippen LogP contribution in [0.2, 0.25) is 0 Å². The smallest absolute Gasteiger partial charge is 0.306 e. The van der Waals surface area contributed by atoms with Gasteiger partial charge in [0.15, 0.2) is 5.78 Å². The molecule has 3 heteroatoms. The van der Waals surface area contributed by atoms with E-state index in [-0.39, 0.29) is 22.8 Å². The van der Waals surface area contributed by atoms with Gasteiger partial charge in [0.25, 0.3) is 0 Å². The second-order valence-corrected chi connectivity index (χ2v) is 9.29. The van der Waals surface area contributed by atoms with Gasteiger partial charge in [0.1, 0.15) is 5.60 Å². The topological polar surface area (TPSA) is 43.4 Å². The zero-order valence-corrected chi connectivity index (χ0v) is 15.7. The Balaban J connectivity index is 1.61. The fourth-order valence-corrected chi connectivity index (χ4v) is 7.21. The lowest BCUT2D eigenvalue weighted by molar-refractivity contribution is -0.162. The molecule has 0 aromatic heterocycles. The summed E-state index contributed by atoms with van der Waals surface area (Å²) in [7, 11) is 0. The molecule has 2 unspecified atom stereocenters. The van der Waals surface area contributed by atoms with Crippen molar-refractivity contribution in [2.75, 3.05) is 0 Å². The second kappa shape index (κ2) is 5.43. The van der Waals surface area contributed by atoms with Gasteiger partial charge in [-0.25, -0.2) is 0 Å². The van der Waals surface area contributed by atoms with Crippen LogP contribution in [0.5, 0.6) is 0 Å². The number of rotatable bonds is 1. The SMILES string of the molecule is C=C[C@H]1C[C@@]2(C)C(CC[C@@]23CCC(=O)O3)C2CCC3=CC(=O)CCC3=C21. The number of esters is 1. The van der Waals surface area contributed by atoms with E-state index in [9.17, 15) is 9.59 Å². The second-order valence-electron chi connectivity index (χ2n) is 9.29. The first-order valence-electron chi connectivity index (χ1n) is 10.3. The zero-order chi connectivity index (χ0) is 18.1. The van der Waals surface area contributed by atoms with Crippen molar-refractivity contribution in [2.24, 2.45) is 23.2 Å². The number of hydrogen-bond acceptors (Lipinski definition) is 3. The van der Waals surface area contributed by atoms with Crippen LogP contribution in [0.1, 0.15) is 64.7 Å². The summed E-state index contributed by atoms with van der Waals surface area (Å²) in [6.45, 7) is 6.56. The van der Waals surface area contributed by atoms with E-state index in [2.05, 4.69) is 19.6 Å². The van der Waals surface area contributed by atoms with Crippen LogP contribution in [0.3, 0.4) is 0 Å². The Morgan fingerprint density at radius 1 is 1.15 bits per heavy atom. The maximum Gasteiger partial charge on any atom is 0.306 e. The van der Waals surface area contributed by atoms with Gasteiger partial charge in [0.2, 0.25) is 0 Å². The minimum absolute atomic E-state index is 0.00848. The van der Waals surface area contributed by atoms with Crippen LogP contribution < -0.4 is 0 Å². The lowest BCUT2D eigenvalue weighted by Gasteiger charge is -2.54.